The van der Waals surface area contributed by atoms with Crippen LogP contribution in [-0.2, 0) is 4.79 Å². The minimum Gasteiger partial charge on any atom is -0.504 e. The predicted molar refractivity (Wildman–Crippen MR) is 49.1 cm³/mol. The van der Waals surface area contributed by atoms with Gasteiger partial charge in [0.05, 0.1) is 12.7 Å². The van der Waals surface area contributed by atoms with Gasteiger partial charge < -0.3 is 20.7 Å². The average Bonchev–Trinajstić information content (AvgIpc) is 2.21. The first-order valence-electron chi connectivity index (χ1n) is 4.13. The quantitative estimate of drug-likeness (QED) is 0.716. The van der Waals surface area contributed by atoms with Crippen LogP contribution in [0.4, 0.5) is 8.78 Å². The summed E-state index contributed by atoms with van der Waals surface area (Å²) in [4.78, 5) is 10.6. The molecule has 0 spiro atoms. The lowest BCUT2D eigenvalue weighted by Gasteiger charge is -2.14. The highest BCUT2D eigenvalue weighted by atomic mass is 19.1. The molecule has 0 aromatic heterocycles. The zero-order chi connectivity index (χ0) is 12.5. The first-order chi connectivity index (χ1) is 7.40. The van der Waals surface area contributed by atoms with Crippen molar-refractivity contribution in [2.24, 2.45) is 5.73 Å². The van der Waals surface area contributed by atoms with Crippen molar-refractivity contribution in [3.05, 3.63) is 23.3 Å². The maximum absolute atomic E-state index is 13.2. The van der Waals surface area contributed by atoms with Crippen molar-refractivity contribution in [2.75, 3.05) is 7.11 Å². The molecule has 7 heteroatoms. The summed E-state index contributed by atoms with van der Waals surface area (Å²) in [6.07, 6.45) is 0. The number of rotatable bonds is 3. The van der Waals surface area contributed by atoms with Gasteiger partial charge in [-0.1, -0.05) is 0 Å². The first kappa shape index (κ1) is 12.2. The van der Waals surface area contributed by atoms with E-state index in [2.05, 4.69) is 4.74 Å². The smallest absolute Gasteiger partial charge is 0.325 e. The first-order valence-corrected chi connectivity index (χ1v) is 4.13. The SMILES string of the molecule is COc1c(F)cc(F)c(O)c1C(N)C(=O)O. The summed E-state index contributed by atoms with van der Waals surface area (Å²) in [7, 11) is 1.05. The summed E-state index contributed by atoms with van der Waals surface area (Å²) in [5, 5.41) is 17.9. The van der Waals surface area contributed by atoms with Gasteiger partial charge >= 0.3 is 5.97 Å². The number of benzene rings is 1. The number of ether oxygens (including phenoxy) is 1. The molecule has 0 aliphatic carbocycles. The number of halogens is 2. The van der Waals surface area contributed by atoms with E-state index in [0.29, 0.717) is 6.07 Å². The van der Waals surface area contributed by atoms with Crippen LogP contribution >= 0.6 is 0 Å². The molecule has 88 valence electrons. The minimum atomic E-state index is -1.78. The summed E-state index contributed by atoms with van der Waals surface area (Å²) in [6.45, 7) is 0. The summed E-state index contributed by atoms with van der Waals surface area (Å²) in [5.74, 6) is -5.60. The van der Waals surface area contributed by atoms with Crippen LogP contribution in [0.3, 0.4) is 0 Å². The Morgan fingerprint density at radius 2 is 2.06 bits per heavy atom. The maximum atomic E-state index is 13.2. The van der Waals surface area contributed by atoms with Crippen molar-refractivity contribution in [2.45, 2.75) is 6.04 Å². The minimum absolute atomic E-state index is 0.381. The van der Waals surface area contributed by atoms with Gasteiger partial charge in [-0.25, -0.2) is 8.78 Å². The molecule has 0 radical (unpaired) electrons. The van der Waals surface area contributed by atoms with Gasteiger partial charge in [0.15, 0.2) is 23.1 Å². The molecule has 5 nitrogen and oxygen atoms in total. The number of methoxy groups -OCH3 is 1. The third-order valence-corrected chi connectivity index (χ3v) is 1.98. The van der Waals surface area contributed by atoms with Crippen LogP contribution in [0.15, 0.2) is 6.07 Å². The average molecular weight is 233 g/mol. The lowest BCUT2D eigenvalue weighted by molar-refractivity contribution is -0.138. The van der Waals surface area contributed by atoms with E-state index in [0.717, 1.165) is 7.11 Å². The molecule has 1 aromatic rings. The monoisotopic (exact) mass is 233 g/mol. The second-order valence-electron chi connectivity index (χ2n) is 2.95. The Morgan fingerprint density at radius 3 is 2.50 bits per heavy atom. The van der Waals surface area contributed by atoms with Crippen molar-refractivity contribution in [1.29, 1.82) is 0 Å². The van der Waals surface area contributed by atoms with Crippen LogP contribution in [-0.4, -0.2) is 23.3 Å². The molecule has 0 saturated carbocycles. The number of phenols is 1. The number of carboxylic acid groups (broad SMARTS) is 1. The van der Waals surface area contributed by atoms with Crippen LogP contribution in [0.1, 0.15) is 11.6 Å². The number of aromatic hydroxyl groups is 1. The van der Waals surface area contributed by atoms with Gasteiger partial charge in [-0.05, 0) is 0 Å². The van der Waals surface area contributed by atoms with Crippen molar-refractivity contribution < 1.29 is 28.5 Å². The summed E-state index contributed by atoms with van der Waals surface area (Å²) < 4.78 is 30.7. The molecule has 0 heterocycles. The molecule has 0 aliphatic rings. The second kappa shape index (κ2) is 4.31. The highest BCUT2D eigenvalue weighted by Gasteiger charge is 2.27. The van der Waals surface area contributed by atoms with Crippen LogP contribution in [0.5, 0.6) is 11.5 Å². The van der Waals surface area contributed by atoms with E-state index in [9.17, 15) is 18.7 Å². The van der Waals surface area contributed by atoms with E-state index < -0.39 is 40.7 Å². The predicted octanol–water partition coefficient (Wildman–Crippen LogP) is 0.763. The standard InChI is InChI=1S/C9H9F2NO4/c1-16-8-4(11)2-3(10)7(13)5(8)6(12)9(14)15/h2,6,13H,12H2,1H3,(H,14,15). The van der Waals surface area contributed by atoms with E-state index in [1.54, 1.807) is 0 Å². The molecule has 1 aromatic carbocycles. The summed E-state index contributed by atoms with van der Waals surface area (Å²) in [5.41, 5.74) is 4.55. The number of nitrogens with two attached hydrogens (primary N) is 1. The molecule has 4 N–H and O–H groups in total. The Morgan fingerprint density at radius 1 is 1.50 bits per heavy atom. The number of hydrogen-bond acceptors (Lipinski definition) is 4. The number of carboxylic acids is 1. The van der Waals surface area contributed by atoms with Crippen LogP contribution in [0.2, 0.25) is 0 Å². The number of phenolic OH excluding ortho intramolecular Hbond substituents is 1. The van der Waals surface area contributed by atoms with E-state index in [-0.39, 0.29) is 0 Å². The number of carbonyl (C=O) groups is 1. The van der Waals surface area contributed by atoms with Gasteiger partial charge in [0, 0.05) is 6.07 Å². The Kier molecular flexibility index (Phi) is 3.28. The van der Waals surface area contributed by atoms with Crippen molar-refractivity contribution >= 4 is 5.97 Å². The van der Waals surface area contributed by atoms with Crippen molar-refractivity contribution in [3.8, 4) is 11.5 Å². The molecular formula is C9H9F2NO4. The van der Waals surface area contributed by atoms with Crippen LogP contribution in [0.25, 0.3) is 0 Å². The topological polar surface area (TPSA) is 92.8 Å². The Hall–Kier alpha value is -1.89. The number of hydrogen-bond donors (Lipinski definition) is 3. The zero-order valence-electron chi connectivity index (χ0n) is 8.20. The fourth-order valence-corrected chi connectivity index (χ4v) is 1.23. The summed E-state index contributed by atoms with van der Waals surface area (Å²) >= 11 is 0. The lowest BCUT2D eigenvalue weighted by atomic mass is 10.0. The largest absolute Gasteiger partial charge is 0.504 e. The molecule has 0 aliphatic heterocycles. The van der Waals surface area contributed by atoms with E-state index in [4.69, 9.17) is 10.8 Å². The fourth-order valence-electron chi connectivity index (χ4n) is 1.23. The maximum Gasteiger partial charge on any atom is 0.325 e. The molecule has 16 heavy (non-hydrogen) atoms. The van der Waals surface area contributed by atoms with Gasteiger partial charge in [-0.2, -0.15) is 0 Å². The highest BCUT2D eigenvalue weighted by Crippen LogP contribution is 2.36. The fraction of sp³-hybridized carbons (Fsp3) is 0.222. The molecule has 1 rings (SSSR count). The highest BCUT2D eigenvalue weighted by molar-refractivity contribution is 5.78. The zero-order valence-corrected chi connectivity index (χ0v) is 8.20. The lowest BCUT2D eigenvalue weighted by Crippen LogP contribution is -2.22. The molecule has 0 fully saturated rings. The van der Waals surface area contributed by atoms with Crippen molar-refractivity contribution in [3.63, 3.8) is 0 Å². The van der Waals surface area contributed by atoms with Gasteiger partial charge in [0.1, 0.15) is 6.04 Å². The molecule has 0 saturated heterocycles. The summed E-state index contributed by atoms with van der Waals surface area (Å²) in [6, 6.07) is -1.40. The Bertz CT molecular complexity index is 436. The van der Waals surface area contributed by atoms with Gasteiger partial charge in [-0.15, -0.1) is 0 Å². The molecule has 0 amide bonds. The molecule has 1 atom stereocenters. The van der Waals surface area contributed by atoms with E-state index in [1.807, 2.05) is 0 Å². The normalized spacial score (nSPS) is 12.2. The van der Waals surface area contributed by atoms with Crippen LogP contribution in [0, 0.1) is 11.6 Å². The van der Waals surface area contributed by atoms with Gasteiger partial charge in [-0.3, -0.25) is 4.79 Å². The third-order valence-electron chi connectivity index (χ3n) is 1.98. The van der Waals surface area contributed by atoms with Crippen LogP contribution < -0.4 is 10.5 Å². The van der Waals surface area contributed by atoms with Gasteiger partial charge in [0.2, 0.25) is 0 Å². The third kappa shape index (κ3) is 1.89. The molecule has 0 bridgehead atoms. The van der Waals surface area contributed by atoms with E-state index >= 15 is 0 Å². The Labute approximate surface area is 89.1 Å². The Balaban J connectivity index is 3.50. The van der Waals surface area contributed by atoms with E-state index in [1.165, 1.54) is 0 Å². The number of aliphatic carboxylic acids is 1. The van der Waals surface area contributed by atoms with Crippen molar-refractivity contribution in [1.82, 2.24) is 0 Å². The second-order valence-corrected chi connectivity index (χ2v) is 2.95. The molecular weight excluding hydrogens is 224 g/mol. The van der Waals surface area contributed by atoms with Gasteiger partial charge in [0.25, 0.3) is 0 Å². The molecule has 1 unspecified atom stereocenters.